The third-order valence-electron chi connectivity index (χ3n) is 2.51. The molecule has 0 radical (unpaired) electrons. The maximum atomic E-state index is 8.84. The molecule has 0 amide bonds. The van der Waals surface area contributed by atoms with Gasteiger partial charge in [0.15, 0.2) is 0 Å². The maximum Gasteiger partial charge on any atom is 0.0684 e. The number of hydrogen-bond acceptors (Lipinski definition) is 3. The number of hydrogen-bond donors (Lipinski definition) is 1. The zero-order valence-corrected chi connectivity index (χ0v) is 10.3. The van der Waals surface area contributed by atoms with Crippen molar-refractivity contribution in [3.63, 3.8) is 0 Å². The highest BCUT2D eigenvalue weighted by Gasteiger charge is 2.15. The first kappa shape index (κ1) is 12.7. The van der Waals surface area contributed by atoms with E-state index < -0.39 is 0 Å². The molecule has 1 rings (SSSR count). The molecule has 0 aliphatic carbocycles. The summed E-state index contributed by atoms with van der Waals surface area (Å²) < 4.78 is 1.93. The highest BCUT2D eigenvalue weighted by molar-refractivity contribution is 4.99. The summed E-state index contributed by atoms with van der Waals surface area (Å²) in [6.45, 7) is 8.60. The largest absolute Gasteiger partial charge is 0.315 e. The summed E-state index contributed by atoms with van der Waals surface area (Å²) in [5.41, 5.74) is 0.959. The maximum absolute atomic E-state index is 8.84. The third kappa shape index (κ3) is 4.45. The lowest BCUT2D eigenvalue weighted by molar-refractivity contribution is 0.426. The van der Waals surface area contributed by atoms with Crippen molar-refractivity contribution in [3.8, 4) is 6.07 Å². The van der Waals surface area contributed by atoms with Crippen LogP contribution >= 0.6 is 0 Å². The average Bonchev–Trinajstić information content (AvgIpc) is 2.64. The van der Waals surface area contributed by atoms with Crippen LogP contribution in [0.4, 0.5) is 0 Å². The molecule has 0 saturated carbocycles. The molecule has 0 spiro atoms. The van der Waals surface area contributed by atoms with E-state index in [2.05, 4.69) is 16.5 Å². The monoisotopic (exact) mass is 220 g/mol. The molecular formula is C12H20N4. The van der Waals surface area contributed by atoms with Crippen LogP contribution in [0.2, 0.25) is 0 Å². The molecule has 0 aliphatic heterocycles. The Morgan fingerprint density at radius 1 is 1.50 bits per heavy atom. The van der Waals surface area contributed by atoms with Crippen LogP contribution in [0.15, 0.2) is 12.4 Å². The highest BCUT2D eigenvalue weighted by atomic mass is 15.3. The summed E-state index contributed by atoms with van der Waals surface area (Å²) in [6, 6.07) is 2.30. The van der Waals surface area contributed by atoms with Crippen LogP contribution in [0.25, 0.3) is 0 Å². The lowest BCUT2D eigenvalue weighted by Gasteiger charge is -2.14. The van der Waals surface area contributed by atoms with Gasteiger partial charge in [-0.2, -0.15) is 10.4 Å². The van der Waals surface area contributed by atoms with E-state index in [1.54, 1.807) is 0 Å². The highest BCUT2D eigenvalue weighted by Crippen LogP contribution is 2.16. The van der Waals surface area contributed by atoms with E-state index in [4.69, 9.17) is 5.26 Å². The fraction of sp³-hybridized carbons (Fsp3) is 0.667. The van der Waals surface area contributed by atoms with Crippen molar-refractivity contribution in [2.45, 2.75) is 33.7 Å². The first-order valence-corrected chi connectivity index (χ1v) is 5.64. The van der Waals surface area contributed by atoms with Crippen LogP contribution in [0.3, 0.4) is 0 Å². The van der Waals surface area contributed by atoms with Crippen LogP contribution in [0.1, 0.15) is 25.8 Å². The number of aromatic nitrogens is 2. The fourth-order valence-electron chi connectivity index (χ4n) is 1.36. The van der Waals surface area contributed by atoms with E-state index in [9.17, 15) is 0 Å². The standard InChI is InChI=1S/C12H20N4/c1-11-8-15-16(9-11)7-6-14-5-4-12(2,3)10-13/h8-9,14H,4-7H2,1-3H3. The second-order valence-electron chi connectivity index (χ2n) is 4.78. The Hall–Kier alpha value is -1.34. The van der Waals surface area contributed by atoms with Crippen LogP contribution < -0.4 is 5.32 Å². The molecule has 0 unspecified atom stereocenters. The molecule has 0 aliphatic rings. The molecule has 88 valence electrons. The van der Waals surface area contributed by atoms with Crippen LogP contribution in [-0.4, -0.2) is 22.9 Å². The van der Waals surface area contributed by atoms with E-state index in [0.717, 1.165) is 26.1 Å². The van der Waals surface area contributed by atoms with Gasteiger partial charge in [0.2, 0.25) is 0 Å². The lowest BCUT2D eigenvalue weighted by Crippen LogP contribution is -2.25. The van der Waals surface area contributed by atoms with Gasteiger partial charge in [-0.1, -0.05) is 0 Å². The zero-order chi connectivity index (χ0) is 12.0. The Labute approximate surface area is 97.3 Å². The van der Waals surface area contributed by atoms with E-state index in [0.29, 0.717) is 0 Å². The van der Waals surface area contributed by atoms with Gasteiger partial charge < -0.3 is 5.32 Å². The van der Waals surface area contributed by atoms with Crippen molar-refractivity contribution >= 4 is 0 Å². The zero-order valence-electron chi connectivity index (χ0n) is 10.3. The number of nitriles is 1. The van der Waals surface area contributed by atoms with Gasteiger partial charge in [-0.3, -0.25) is 4.68 Å². The second-order valence-corrected chi connectivity index (χ2v) is 4.78. The minimum Gasteiger partial charge on any atom is -0.315 e. The molecule has 0 atom stereocenters. The van der Waals surface area contributed by atoms with Gasteiger partial charge >= 0.3 is 0 Å². The molecule has 1 aromatic rings. The number of nitrogens with zero attached hydrogens (tertiary/aromatic N) is 3. The van der Waals surface area contributed by atoms with Crippen LogP contribution in [0.5, 0.6) is 0 Å². The van der Waals surface area contributed by atoms with Crippen molar-refractivity contribution in [2.75, 3.05) is 13.1 Å². The average molecular weight is 220 g/mol. The minimum absolute atomic E-state index is 0.227. The normalized spacial score (nSPS) is 11.4. The smallest absolute Gasteiger partial charge is 0.0684 e. The molecular weight excluding hydrogens is 200 g/mol. The Morgan fingerprint density at radius 2 is 2.25 bits per heavy atom. The van der Waals surface area contributed by atoms with Gasteiger partial charge in [-0.15, -0.1) is 0 Å². The molecule has 0 aromatic carbocycles. The Kier molecular flexibility index (Phi) is 4.51. The van der Waals surface area contributed by atoms with Crippen LogP contribution in [-0.2, 0) is 6.54 Å². The quantitative estimate of drug-likeness (QED) is 0.743. The predicted octanol–water partition coefficient (Wildman–Crippen LogP) is 1.72. The number of aryl methyl sites for hydroxylation is 1. The minimum atomic E-state index is -0.227. The van der Waals surface area contributed by atoms with Crippen molar-refractivity contribution in [2.24, 2.45) is 5.41 Å². The lowest BCUT2D eigenvalue weighted by atomic mass is 9.92. The molecule has 4 nitrogen and oxygen atoms in total. The van der Waals surface area contributed by atoms with Gasteiger partial charge in [-0.05, 0) is 39.3 Å². The molecule has 4 heteroatoms. The van der Waals surface area contributed by atoms with Gasteiger partial charge in [0.25, 0.3) is 0 Å². The summed E-state index contributed by atoms with van der Waals surface area (Å²) in [6.07, 6.45) is 4.77. The number of nitrogens with one attached hydrogen (secondary N) is 1. The summed E-state index contributed by atoms with van der Waals surface area (Å²) in [5, 5.41) is 16.4. The predicted molar refractivity (Wildman–Crippen MR) is 63.8 cm³/mol. The first-order valence-electron chi connectivity index (χ1n) is 5.64. The van der Waals surface area contributed by atoms with Crippen LogP contribution in [0, 0.1) is 23.7 Å². The van der Waals surface area contributed by atoms with E-state index in [1.807, 2.05) is 37.8 Å². The fourth-order valence-corrected chi connectivity index (χ4v) is 1.36. The molecule has 1 heterocycles. The second kappa shape index (κ2) is 5.66. The summed E-state index contributed by atoms with van der Waals surface area (Å²) in [4.78, 5) is 0. The van der Waals surface area contributed by atoms with Crippen molar-refractivity contribution in [3.05, 3.63) is 18.0 Å². The first-order chi connectivity index (χ1) is 7.53. The van der Waals surface area contributed by atoms with E-state index in [-0.39, 0.29) is 5.41 Å². The van der Waals surface area contributed by atoms with Gasteiger partial charge in [-0.25, -0.2) is 0 Å². The molecule has 0 fully saturated rings. The Morgan fingerprint density at radius 3 is 2.81 bits per heavy atom. The number of rotatable bonds is 6. The van der Waals surface area contributed by atoms with E-state index >= 15 is 0 Å². The van der Waals surface area contributed by atoms with Gasteiger partial charge in [0, 0.05) is 12.7 Å². The topological polar surface area (TPSA) is 53.6 Å². The Balaban J connectivity index is 2.11. The van der Waals surface area contributed by atoms with Crippen molar-refractivity contribution in [1.29, 1.82) is 5.26 Å². The summed E-state index contributed by atoms with van der Waals surface area (Å²) in [5.74, 6) is 0. The molecule has 16 heavy (non-hydrogen) atoms. The Bertz CT molecular complexity index is 359. The SMILES string of the molecule is Cc1cnn(CCNCCC(C)(C)C#N)c1. The molecule has 0 bridgehead atoms. The van der Waals surface area contributed by atoms with E-state index in [1.165, 1.54) is 5.56 Å². The third-order valence-corrected chi connectivity index (χ3v) is 2.51. The molecule has 1 aromatic heterocycles. The molecule has 1 N–H and O–H groups in total. The summed E-state index contributed by atoms with van der Waals surface area (Å²) in [7, 11) is 0. The van der Waals surface area contributed by atoms with Gasteiger partial charge in [0.1, 0.15) is 0 Å². The van der Waals surface area contributed by atoms with Crippen molar-refractivity contribution in [1.82, 2.24) is 15.1 Å². The molecule has 0 saturated heterocycles. The van der Waals surface area contributed by atoms with Gasteiger partial charge in [0.05, 0.1) is 24.2 Å². The summed E-state index contributed by atoms with van der Waals surface area (Å²) >= 11 is 0. The van der Waals surface area contributed by atoms with Crippen molar-refractivity contribution < 1.29 is 0 Å².